The third-order valence-corrected chi connectivity index (χ3v) is 2.93. The van der Waals surface area contributed by atoms with Gasteiger partial charge in [-0.2, -0.15) is 5.26 Å². The smallest absolute Gasteiger partial charge is 0.180 e. The molecule has 3 rings (SSSR count). The van der Waals surface area contributed by atoms with Gasteiger partial charge in [0.15, 0.2) is 11.5 Å². The zero-order chi connectivity index (χ0) is 13.9. The minimum Gasteiger partial charge on any atom is -0.372 e. The first-order valence-corrected chi connectivity index (χ1v) is 6.09. The van der Waals surface area contributed by atoms with Gasteiger partial charge in [-0.3, -0.25) is 0 Å². The number of imidazole rings is 1. The molecule has 20 heavy (non-hydrogen) atoms. The monoisotopic (exact) mass is 264 g/mol. The molecule has 98 valence electrons. The zero-order valence-electron chi connectivity index (χ0n) is 10.8. The Hall–Kier alpha value is -3.07. The number of benzene rings is 1. The highest BCUT2D eigenvalue weighted by Crippen LogP contribution is 2.23. The predicted molar refractivity (Wildman–Crippen MR) is 77.0 cm³/mol. The quantitative estimate of drug-likeness (QED) is 0.759. The standard InChI is InChI=1S/C14H12N6/c1-16-12-9-20-7-6-17-14(20)13(19-12)18-11-5-3-2-4-10(11)8-15/h2-7,9,16H,1H3,(H,18,19). The molecular formula is C14H12N6. The molecule has 0 bridgehead atoms. The van der Waals surface area contributed by atoms with Gasteiger partial charge in [0.1, 0.15) is 11.9 Å². The van der Waals surface area contributed by atoms with Crippen molar-refractivity contribution in [2.75, 3.05) is 17.7 Å². The van der Waals surface area contributed by atoms with Crippen molar-refractivity contribution >= 4 is 23.0 Å². The van der Waals surface area contributed by atoms with Gasteiger partial charge in [0.25, 0.3) is 0 Å². The summed E-state index contributed by atoms with van der Waals surface area (Å²) in [6.45, 7) is 0. The molecule has 0 saturated heterocycles. The van der Waals surface area contributed by atoms with Crippen molar-refractivity contribution < 1.29 is 0 Å². The summed E-state index contributed by atoms with van der Waals surface area (Å²) < 4.78 is 1.87. The van der Waals surface area contributed by atoms with E-state index in [1.807, 2.05) is 35.0 Å². The Bertz CT molecular complexity index is 799. The lowest BCUT2D eigenvalue weighted by atomic mass is 10.2. The van der Waals surface area contributed by atoms with Crippen molar-refractivity contribution in [1.82, 2.24) is 14.4 Å². The van der Waals surface area contributed by atoms with E-state index in [0.29, 0.717) is 28.5 Å². The lowest BCUT2D eigenvalue weighted by Gasteiger charge is -2.10. The molecule has 2 heterocycles. The SMILES string of the molecule is CNc1cn2ccnc2c(Nc2ccccc2C#N)n1. The van der Waals surface area contributed by atoms with Gasteiger partial charge in [-0.15, -0.1) is 0 Å². The minimum atomic E-state index is 0.564. The van der Waals surface area contributed by atoms with Crippen LogP contribution in [-0.2, 0) is 0 Å². The molecule has 6 nitrogen and oxygen atoms in total. The second kappa shape index (κ2) is 4.90. The molecule has 0 saturated carbocycles. The molecule has 0 aliphatic rings. The van der Waals surface area contributed by atoms with Crippen molar-refractivity contribution in [2.45, 2.75) is 0 Å². The molecule has 0 aliphatic carbocycles. The summed E-state index contributed by atoms with van der Waals surface area (Å²) in [5, 5.41) is 15.3. The summed E-state index contributed by atoms with van der Waals surface area (Å²) in [6.07, 6.45) is 5.40. The third-order valence-electron chi connectivity index (χ3n) is 2.93. The van der Waals surface area contributed by atoms with Crippen molar-refractivity contribution in [3.8, 4) is 6.07 Å². The summed E-state index contributed by atoms with van der Waals surface area (Å²) in [5.74, 6) is 1.32. The van der Waals surface area contributed by atoms with Crippen molar-refractivity contribution in [1.29, 1.82) is 5.26 Å². The van der Waals surface area contributed by atoms with E-state index in [4.69, 9.17) is 5.26 Å². The Kier molecular flexibility index (Phi) is 2.94. The molecule has 0 unspecified atom stereocenters. The highest BCUT2D eigenvalue weighted by atomic mass is 15.1. The number of aromatic nitrogens is 3. The Morgan fingerprint density at radius 2 is 2.15 bits per heavy atom. The van der Waals surface area contributed by atoms with E-state index < -0.39 is 0 Å². The van der Waals surface area contributed by atoms with Crippen molar-refractivity contribution in [2.24, 2.45) is 0 Å². The summed E-state index contributed by atoms with van der Waals surface area (Å²) in [6, 6.07) is 9.44. The van der Waals surface area contributed by atoms with Crippen LogP contribution < -0.4 is 10.6 Å². The van der Waals surface area contributed by atoms with Crippen LogP contribution in [0.25, 0.3) is 5.65 Å². The number of para-hydroxylation sites is 1. The third kappa shape index (κ3) is 2.01. The topological polar surface area (TPSA) is 78.0 Å². The average molecular weight is 264 g/mol. The highest BCUT2D eigenvalue weighted by molar-refractivity contribution is 5.74. The normalized spacial score (nSPS) is 10.2. The van der Waals surface area contributed by atoms with Crippen LogP contribution in [0.2, 0.25) is 0 Å². The van der Waals surface area contributed by atoms with E-state index in [0.717, 1.165) is 0 Å². The second-order valence-electron chi connectivity index (χ2n) is 4.17. The summed E-state index contributed by atoms with van der Waals surface area (Å²) in [5.41, 5.74) is 1.98. The largest absolute Gasteiger partial charge is 0.372 e. The molecule has 0 atom stereocenters. The number of rotatable bonds is 3. The summed E-state index contributed by atoms with van der Waals surface area (Å²) in [4.78, 5) is 8.72. The maximum absolute atomic E-state index is 9.13. The number of hydrogen-bond acceptors (Lipinski definition) is 5. The van der Waals surface area contributed by atoms with Gasteiger partial charge >= 0.3 is 0 Å². The molecule has 1 aromatic carbocycles. The van der Waals surface area contributed by atoms with Crippen LogP contribution in [0.5, 0.6) is 0 Å². The Morgan fingerprint density at radius 3 is 2.95 bits per heavy atom. The number of nitrogens with one attached hydrogen (secondary N) is 2. The molecular weight excluding hydrogens is 252 g/mol. The number of nitrogens with zero attached hydrogens (tertiary/aromatic N) is 4. The number of anilines is 3. The van der Waals surface area contributed by atoms with E-state index in [1.165, 1.54) is 0 Å². The molecule has 0 fully saturated rings. The molecule has 6 heteroatoms. The fourth-order valence-electron chi connectivity index (χ4n) is 1.95. The fraction of sp³-hybridized carbons (Fsp3) is 0.0714. The highest BCUT2D eigenvalue weighted by Gasteiger charge is 2.09. The Balaban J connectivity index is 2.10. The van der Waals surface area contributed by atoms with Gasteiger partial charge in [0.2, 0.25) is 0 Å². The Labute approximate surface area is 115 Å². The van der Waals surface area contributed by atoms with Gasteiger partial charge in [0, 0.05) is 19.4 Å². The Morgan fingerprint density at radius 1 is 1.30 bits per heavy atom. The maximum Gasteiger partial charge on any atom is 0.180 e. The zero-order valence-corrected chi connectivity index (χ0v) is 10.8. The van der Waals surface area contributed by atoms with Crippen LogP contribution in [0.4, 0.5) is 17.3 Å². The van der Waals surface area contributed by atoms with Crippen molar-refractivity contribution in [3.05, 3.63) is 48.4 Å². The fourth-order valence-corrected chi connectivity index (χ4v) is 1.95. The number of fused-ring (bicyclic) bond motifs is 1. The number of hydrogen-bond donors (Lipinski definition) is 2. The van der Waals surface area contributed by atoms with Crippen LogP contribution in [0.3, 0.4) is 0 Å². The molecule has 3 aromatic rings. The first kappa shape index (κ1) is 12.0. The van der Waals surface area contributed by atoms with Crippen LogP contribution in [0.15, 0.2) is 42.9 Å². The van der Waals surface area contributed by atoms with E-state index in [-0.39, 0.29) is 0 Å². The van der Waals surface area contributed by atoms with E-state index >= 15 is 0 Å². The molecule has 0 radical (unpaired) electrons. The van der Waals surface area contributed by atoms with Crippen molar-refractivity contribution in [3.63, 3.8) is 0 Å². The maximum atomic E-state index is 9.13. The van der Waals surface area contributed by atoms with Gasteiger partial charge < -0.3 is 15.0 Å². The summed E-state index contributed by atoms with van der Waals surface area (Å²) >= 11 is 0. The van der Waals surface area contributed by atoms with Gasteiger partial charge in [-0.05, 0) is 12.1 Å². The van der Waals surface area contributed by atoms with E-state index in [2.05, 4.69) is 26.7 Å². The first-order valence-electron chi connectivity index (χ1n) is 6.09. The van der Waals surface area contributed by atoms with Crippen LogP contribution in [0.1, 0.15) is 5.56 Å². The molecule has 0 spiro atoms. The number of nitriles is 1. The molecule has 2 aromatic heterocycles. The van der Waals surface area contributed by atoms with Crippen LogP contribution in [-0.4, -0.2) is 21.4 Å². The van der Waals surface area contributed by atoms with Crippen LogP contribution in [0, 0.1) is 11.3 Å². The lowest BCUT2D eigenvalue weighted by molar-refractivity contribution is 1.12. The van der Waals surface area contributed by atoms with Gasteiger partial charge in [-0.25, -0.2) is 9.97 Å². The average Bonchev–Trinajstić information content (AvgIpc) is 2.96. The molecule has 0 aliphatic heterocycles. The van der Waals surface area contributed by atoms with Gasteiger partial charge in [0.05, 0.1) is 17.4 Å². The van der Waals surface area contributed by atoms with E-state index in [1.54, 1.807) is 19.3 Å². The van der Waals surface area contributed by atoms with E-state index in [9.17, 15) is 0 Å². The van der Waals surface area contributed by atoms with Gasteiger partial charge in [-0.1, -0.05) is 12.1 Å². The molecule has 0 amide bonds. The lowest BCUT2D eigenvalue weighted by Crippen LogP contribution is -2.03. The first-order chi connectivity index (χ1) is 9.81. The second-order valence-corrected chi connectivity index (χ2v) is 4.17. The molecule has 2 N–H and O–H groups in total. The predicted octanol–water partition coefficient (Wildman–Crippen LogP) is 2.39. The minimum absolute atomic E-state index is 0.564. The summed E-state index contributed by atoms with van der Waals surface area (Å²) in [7, 11) is 1.80. The van der Waals surface area contributed by atoms with Crippen LogP contribution >= 0.6 is 0 Å².